The summed E-state index contributed by atoms with van der Waals surface area (Å²) in [4.78, 5) is 18.3. The second-order valence-electron chi connectivity index (χ2n) is 6.89. The predicted molar refractivity (Wildman–Crippen MR) is 101 cm³/mol. The van der Waals surface area contributed by atoms with Crippen molar-refractivity contribution in [2.45, 2.75) is 33.7 Å². The average Bonchev–Trinajstić information content (AvgIpc) is 2.86. The Morgan fingerprint density at radius 1 is 1.16 bits per heavy atom. The Bertz CT molecular complexity index is 675. The topological polar surface area (TPSA) is 54.4 Å². The van der Waals surface area contributed by atoms with Gasteiger partial charge in [-0.1, -0.05) is 13.8 Å². The lowest BCUT2D eigenvalue weighted by Crippen LogP contribution is -2.31. The molecule has 2 aromatic heterocycles. The van der Waals surface area contributed by atoms with Crippen LogP contribution in [0.5, 0.6) is 5.88 Å². The SMILES string of the molecule is Cc1nc(CN2CCCN(c3cncc(OCC(C)C)n3)CC2)cs1. The first-order chi connectivity index (χ1) is 12.1. The Hall–Kier alpha value is -1.73. The maximum atomic E-state index is 5.71. The molecule has 0 aromatic carbocycles. The Balaban J connectivity index is 1.58. The third-order valence-corrected chi connectivity index (χ3v) is 4.95. The molecule has 25 heavy (non-hydrogen) atoms. The summed E-state index contributed by atoms with van der Waals surface area (Å²) in [7, 11) is 0. The minimum Gasteiger partial charge on any atom is -0.476 e. The monoisotopic (exact) mass is 361 g/mol. The first-order valence-electron chi connectivity index (χ1n) is 8.93. The summed E-state index contributed by atoms with van der Waals surface area (Å²) < 4.78 is 5.71. The zero-order valence-electron chi connectivity index (χ0n) is 15.3. The molecule has 0 amide bonds. The molecule has 1 aliphatic heterocycles. The van der Waals surface area contributed by atoms with E-state index in [0.29, 0.717) is 18.4 Å². The zero-order chi connectivity index (χ0) is 17.6. The molecule has 1 fully saturated rings. The van der Waals surface area contributed by atoms with Gasteiger partial charge in [0.05, 0.1) is 29.7 Å². The molecule has 0 atom stereocenters. The van der Waals surface area contributed by atoms with Crippen molar-refractivity contribution in [3.63, 3.8) is 0 Å². The third kappa shape index (κ3) is 5.37. The van der Waals surface area contributed by atoms with Gasteiger partial charge in [0.15, 0.2) is 5.82 Å². The van der Waals surface area contributed by atoms with Crippen molar-refractivity contribution in [1.82, 2.24) is 19.9 Å². The zero-order valence-corrected chi connectivity index (χ0v) is 16.1. The number of hydrogen-bond acceptors (Lipinski definition) is 7. The maximum Gasteiger partial charge on any atom is 0.234 e. The van der Waals surface area contributed by atoms with Crippen molar-refractivity contribution >= 4 is 17.2 Å². The number of anilines is 1. The van der Waals surface area contributed by atoms with Crippen molar-refractivity contribution in [2.75, 3.05) is 37.7 Å². The van der Waals surface area contributed by atoms with Crippen molar-refractivity contribution in [3.8, 4) is 5.88 Å². The third-order valence-electron chi connectivity index (χ3n) is 4.13. The molecule has 0 spiro atoms. The van der Waals surface area contributed by atoms with Crippen LogP contribution in [0.25, 0.3) is 0 Å². The number of ether oxygens (including phenoxy) is 1. The van der Waals surface area contributed by atoms with Gasteiger partial charge in [-0.2, -0.15) is 4.98 Å². The predicted octanol–water partition coefficient (Wildman–Crippen LogP) is 2.99. The van der Waals surface area contributed by atoms with E-state index in [1.165, 1.54) is 5.69 Å². The molecule has 3 heterocycles. The van der Waals surface area contributed by atoms with Crippen LogP contribution in [0, 0.1) is 12.8 Å². The highest BCUT2D eigenvalue weighted by Crippen LogP contribution is 2.18. The van der Waals surface area contributed by atoms with E-state index in [9.17, 15) is 0 Å². The number of thiazole rings is 1. The van der Waals surface area contributed by atoms with Crippen LogP contribution in [0.1, 0.15) is 31.0 Å². The van der Waals surface area contributed by atoms with Crippen LogP contribution in [-0.2, 0) is 6.54 Å². The molecule has 0 unspecified atom stereocenters. The van der Waals surface area contributed by atoms with Crippen LogP contribution in [0.3, 0.4) is 0 Å². The highest BCUT2D eigenvalue weighted by molar-refractivity contribution is 7.09. The lowest BCUT2D eigenvalue weighted by atomic mass is 10.2. The molecule has 6 nitrogen and oxygen atoms in total. The van der Waals surface area contributed by atoms with Crippen LogP contribution < -0.4 is 9.64 Å². The number of aromatic nitrogens is 3. The van der Waals surface area contributed by atoms with Gasteiger partial charge in [-0.25, -0.2) is 4.98 Å². The molecule has 3 rings (SSSR count). The highest BCUT2D eigenvalue weighted by Gasteiger charge is 2.17. The summed E-state index contributed by atoms with van der Waals surface area (Å²) in [6.45, 7) is 12.0. The number of hydrogen-bond donors (Lipinski definition) is 0. The van der Waals surface area contributed by atoms with Gasteiger partial charge in [0.2, 0.25) is 5.88 Å². The van der Waals surface area contributed by atoms with E-state index in [1.807, 2.05) is 6.20 Å². The largest absolute Gasteiger partial charge is 0.476 e. The van der Waals surface area contributed by atoms with E-state index in [-0.39, 0.29) is 0 Å². The molecule has 7 heteroatoms. The Morgan fingerprint density at radius 3 is 2.80 bits per heavy atom. The molecule has 1 aliphatic rings. The molecular weight excluding hydrogens is 334 g/mol. The summed E-state index contributed by atoms with van der Waals surface area (Å²) >= 11 is 1.72. The van der Waals surface area contributed by atoms with Crippen LogP contribution in [0.2, 0.25) is 0 Å². The molecule has 0 N–H and O–H groups in total. The van der Waals surface area contributed by atoms with E-state index in [4.69, 9.17) is 4.74 Å². The summed E-state index contributed by atoms with van der Waals surface area (Å²) in [5.74, 6) is 2.00. The molecule has 0 bridgehead atoms. The van der Waals surface area contributed by atoms with Gasteiger partial charge in [0.25, 0.3) is 0 Å². The highest BCUT2D eigenvalue weighted by atomic mass is 32.1. The van der Waals surface area contributed by atoms with Crippen molar-refractivity contribution in [1.29, 1.82) is 0 Å². The minimum atomic E-state index is 0.478. The molecule has 2 aromatic rings. The van der Waals surface area contributed by atoms with Crippen molar-refractivity contribution in [2.24, 2.45) is 5.92 Å². The van der Waals surface area contributed by atoms with E-state index in [0.717, 1.165) is 50.0 Å². The van der Waals surface area contributed by atoms with Gasteiger partial charge in [-0.05, 0) is 19.3 Å². The van der Waals surface area contributed by atoms with Crippen LogP contribution in [0.4, 0.5) is 5.82 Å². The van der Waals surface area contributed by atoms with Crippen molar-refractivity contribution in [3.05, 3.63) is 28.5 Å². The van der Waals surface area contributed by atoms with Gasteiger partial charge >= 0.3 is 0 Å². The molecular formula is C18H27N5OS. The van der Waals surface area contributed by atoms with Crippen LogP contribution in [-0.4, -0.2) is 52.6 Å². The fraction of sp³-hybridized carbons (Fsp3) is 0.611. The number of nitrogens with zero attached hydrogens (tertiary/aromatic N) is 5. The standard InChI is InChI=1S/C18H27N5OS/c1-14(2)12-24-18-10-19-9-17(21-18)23-6-4-5-22(7-8-23)11-16-13-25-15(3)20-16/h9-10,13-14H,4-8,11-12H2,1-3H3. The van der Waals surface area contributed by atoms with Gasteiger partial charge in [-0.3, -0.25) is 9.88 Å². The Morgan fingerprint density at radius 2 is 2.04 bits per heavy atom. The van der Waals surface area contributed by atoms with Crippen LogP contribution >= 0.6 is 11.3 Å². The van der Waals surface area contributed by atoms with Crippen molar-refractivity contribution < 1.29 is 4.74 Å². The first-order valence-corrected chi connectivity index (χ1v) is 9.81. The van der Waals surface area contributed by atoms with Gasteiger partial charge < -0.3 is 9.64 Å². The van der Waals surface area contributed by atoms with Gasteiger partial charge in [0, 0.05) is 38.1 Å². The van der Waals surface area contributed by atoms with E-state index in [1.54, 1.807) is 17.5 Å². The average molecular weight is 362 g/mol. The molecule has 136 valence electrons. The van der Waals surface area contributed by atoms with E-state index >= 15 is 0 Å². The summed E-state index contributed by atoms with van der Waals surface area (Å²) in [5.41, 5.74) is 1.18. The normalized spacial score (nSPS) is 16.2. The Labute approximate surface area is 153 Å². The lowest BCUT2D eigenvalue weighted by Gasteiger charge is -2.22. The second-order valence-corrected chi connectivity index (χ2v) is 7.96. The summed E-state index contributed by atoms with van der Waals surface area (Å²) in [6.07, 6.45) is 4.64. The summed E-state index contributed by atoms with van der Waals surface area (Å²) in [6, 6.07) is 0. The fourth-order valence-electron chi connectivity index (χ4n) is 2.88. The molecule has 0 radical (unpaired) electrons. The number of rotatable bonds is 6. The van der Waals surface area contributed by atoms with Gasteiger partial charge in [-0.15, -0.1) is 11.3 Å². The lowest BCUT2D eigenvalue weighted by molar-refractivity contribution is 0.260. The Kier molecular flexibility index (Phi) is 6.20. The molecule has 0 saturated carbocycles. The first kappa shape index (κ1) is 18.1. The quantitative estimate of drug-likeness (QED) is 0.788. The molecule has 0 aliphatic carbocycles. The van der Waals surface area contributed by atoms with Gasteiger partial charge in [0.1, 0.15) is 0 Å². The fourth-order valence-corrected chi connectivity index (χ4v) is 3.48. The van der Waals surface area contributed by atoms with Crippen LogP contribution in [0.15, 0.2) is 17.8 Å². The van der Waals surface area contributed by atoms with E-state index < -0.39 is 0 Å². The second kappa shape index (κ2) is 8.58. The van der Waals surface area contributed by atoms with E-state index in [2.05, 4.69) is 50.9 Å². The maximum absolute atomic E-state index is 5.71. The summed E-state index contributed by atoms with van der Waals surface area (Å²) in [5, 5.41) is 3.30. The smallest absolute Gasteiger partial charge is 0.234 e. The number of aryl methyl sites for hydroxylation is 1. The minimum absolute atomic E-state index is 0.478. The molecule has 1 saturated heterocycles.